The van der Waals surface area contributed by atoms with Gasteiger partial charge in [0.05, 0.1) is 0 Å². The zero-order valence-corrected chi connectivity index (χ0v) is 17.3. The summed E-state index contributed by atoms with van der Waals surface area (Å²) >= 11 is 0. The summed E-state index contributed by atoms with van der Waals surface area (Å²) in [6.07, 6.45) is 18.5. The van der Waals surface area contributed by atoms with Crippen LogP contribution in [0.3, 0.4) is 0 Å². The van der Waals surface area contributed by atoms with Gasteiger partial charge in [-0.25, -0.2) is 0 Å². The van der Waals surface area contributed by atoms with Crippen LogP contribution < -0.4 is 0 Å². The Labute approximate surface area is 162 Å². The van der Waals surface area contributed by atoms with Crippen molar-refractivity contribution in [2.75, 3.05) is 0 Å². The fourth-order valence-electron chi connectivity index (χ4n) is 4.13. The molecule has 1 atom stereocenters. The summed E-state index contributed by atoms with van der Waals surface area (Å²) in [5.41, 5.74) is 1.53. The van der Waals surface area contributed by atoms with Gasteiger partial charge in [0, 0.05) is 0 Å². The minimum Gasteiger partial charge on any atom is -0.0654 e. The number of rotatable bonds is 14. The summed E-state index contributed by atoms with van der Waals surface area (Å²) in [4.78, 5) is 0. The molecule has 1 unspecified atom stereocenters. The SMILES string of the molecule is CCCCCCCCCCCCCCC(C)c1cccc2ccccc12. The van der Waals surface area contributed by atoms with E-state index in [2.05, 4.69) is 56.3 Å². The van der Waals surface area contributed by atoms with Gasteiger partial charge in [0.15, 0.2) is 0 Å². The monoisotopic (exact) mass is 352 g/mol. The molecule has 2 aromatic rings. The van der Waals surface area contributed by atoms with Crippen LogP contribution in [-0.4, -0.2) is 0 Å². The van der Waals surface area contributed by atoms with Gasteiger partial charge in [0.25, 0.3) is 0 Å². The molecule has 2 aromatic carbocycles. The standard InChI is InChI=1S/C26H40/c1-3-4-5-6-7-8-9-10-11-12-13-14-18-23(2)25-22-17-20-24-19-15-16-21-26(24)25/h15-17,19-23H,3-14,18H2,1-2H3. The van der Waals surface area contributed by atoms with Crippen molar-refractivity contribution in [2.45, 2.75) is 103 Å². The minimum absolute atomic E-state index is 0.671. The summed E-state index contributed by atoms with van der Waals surface area (Å²) in [5, 5.41) is 2.83. The average Bonchev–Trinajstić information content (AvgIpc) is 2.68. The van der Waals surface area contributed by atoms with Gasteiger partial charge in [0.1, 0.15) is 0 Å². The van der Waals surface area contributed by atoms with Gasteiger partial charge >= 0.3 is 0 Å². The predicted octanol–water partition coefficient (Wildman–Crippen LogP) is 9.03. The molecule has 0 aliphatic rings. The molecular formula is C26H40. The van der Waals surface area contributed by atoms with Crippen molar-refractivity contribution >= 4 is 10.8 Å². The van der Waals surface area contributed by atoms with Crippen LogP contribution in [0.15, 0.2) is 42.5 Å². The highest BCUT2D eigenvalue weighted by molar-refractivity contribution is 5.86. The van der Waals surface area contributed by atoms with Gasteiger partial charge in [-0.15, -0.1) is 0 Å². The Kier molecular flexibility index (Phi) is 10.5. The highest BCUT2D eigenvalue weighted by Gasteiger charge is 2.08. The predicted molar refractivity (Wildman–Crippen MR) is 118 cm³/mol. The van der Waals surface area contributed by atoms with Gasteiger partial charge in [0.2, 0.25) is 0 Å². The highest BCUT2D eigenvalue weighted by Crippen LogP contribution is 2.29. The molecule has 26 heavy (non-hydrogen) atoms. The summed E-state index contributed by atoms with van der Waals surface area (Å²) < 4.78 is 0. The number of hydrogen-bond acceptors (Lipinski definition) is 0. The van der Waals surface area contributed by atoms with Crippen molar-refractivity contribution in [3.8, 4) is 0 Å². The van der Waals surface area contributed by atoms with Crippen LogP contribution in [0.1, 0.15) is 109 Å². The van der Waals surface area contributed by atoms with Crippen molar-refractivity contribution in [3.63, 3.8) is 0 Å². The molecule has 0 saturated heterocycles. The molecule has 0 aliphatic heterocycles. The lowest BCUT2D eigenvalue weighted by Crippen LogP contribution is -1.95. The molecule has 0 aliphatic carbocycles. The maximum absolute atomic E-state index is 2.40. The third-order valence-electron chi connectivity index (χ3n) is 5.84. The van der Waals surface area contributed by atoms with Crippen LogP contribution in [0.2, 0.25) is 0 Å². The smallest absolute Gasteiger partial charge is 0.0149 e. The Morgan fingerprint density at radius 2 is 1.15 bits per heavy atom. The van der Waals surface area contributed by atoms with E-state index in [9.17, 15) is 0 Å². The van der Waals surface area contributed by atoms with E-state index in [1.165, 1.54) is 99.8 Å². The summed E-state index contributed by atoms with van der Waals surface area (Å²) in [7, 11) is 0. The number of unbranched alkanes of at least 4 members (excludes halogenated alkanes) is 11. The highest BCUT2D eigenvalue weighted by atomic mass is 14.1. The Bertz CT molecular complexity index is 593. The van der Waals surface area contributed by atoms with Gasteiger partial charge in [-0.1, -0.05) is 133 Å². The molecule has 0 radical (unpaired) electrons. The zero-order valence-electron chi connectivity index (χ0n) is 17.3. The van der Waals surface area contributed by atoms with E-state index in [4.69, 9.17) is 0 Å². The fourth-order valence-corrected chi connectivity index (χ4v) is 4.13. The maximum atomic E-state index is 2.40. The van der Waals surface area contributed by atoms with E-state index in [1.54, 1.807) is 0 Å². The van der Waals surface area contributed by atoms with Crippen LogP contribution in [-0.2, 0) is 0 Å². The second-order valence-electron chi connectivity index (χ2n) is 8.15. The lowest BCUT2D eigenvalue weighted by Gasteiger charge is -2.14. The minimum atomic E-state index is 0.671. The lowest BCUT2D eigenvalue weighted by atomic mass is 9.90. The first-order valence-electron chi connectivity index (χ1n) is 11.3. The molecule has 0 fully saturated rings. The number of benzene rings is 2. The van der Waals surface area contributed by atoms with E-state index in [1.807, 2.05) is 0 Å². The van der Waals surface area contributed by atoms with Crippen molar-refractivity contribution in [1.29, 1.82) is 0 Å². The van der Waals surface area contributed by atoms with Crippen molar-refractivity contribution < 1.29 is 0 Å². The third kappa shape index (κ3) is 7.52. The van der Waals surface area contributed by atoms with Crippen LogP contribution in [0.4, 0.5) is 0 Å². The van der Waals surface area contributed by atoms with Crippen LogP contribution in [0, 0.1) is 0 Å². The fraction of sp³-hybridized carbons (Fsp3) is 0.615. The Hall–Kier alpha value is -1.30. The van der Waals surface area contributed by atoms with Crippen LogP contribution in [0.5, 0.6) is 0 Å². The summed E-state index contributed by atoms with van der Waals surface area (Å²) in [6, 6.07) is 15.6. The largest absolute Gasteiger partial charge is 0.0654 e. The molecule has 0 saturated carbocycles. The summed E-state index contributed by atoms with van der Waals surface area (Å²) in [5.74, 6) is 0.671. The normalized spacial score (nSPS) is 12.5. The number of hydrogen-bond donors (Lipinski definition) is 0. The van der Waals surface area contributed by atoms with Crippen molar-refractivity contribution in [2.24, 2.45) is 0 Å². The zero-order chi connectivity index (χ0) is 18.5. The quantitative estimate of drug-likeness (QED) is 0.297. The molecule has 0 spiro atoms. The molecule has 144 valence electrons. The topological polar surface area (TPSA) is 0 Å². The first kappa shape index (κ1) is 21.0. The van der Waals surface area contributed by atoms with Gasteiger partial charge in [-0.2, -0.15) is 0 Å². The van der Waals surface area contributed by atoms with Gasteiger partial charge < -0.3 is 0 Å². The van der Waals surface area contributed by atoms with Crippen LogP contribution in [0.25, 0.3) is 10.8 Å². The Balaban J connectivity index is 1.53. The van der Waals surface area contributed by atoms with Crippen molar-refractivity contribution in [3.05, 3.63) is 48.0 Å². The first-order valence-corrected chi connectivity index (χ1v) is 11.3. The first-order chi connectivity index (χ1) is 12.8. The van der Waals surface area contributed by atoms with E-state index in [0.717, 1.165) is 0 Å². The Morgan fingerprint density at radius 1 is 0.615 bits per heavy atom. The van der Waals surface area contributed by atoms with Gasteiger partial charge in [-0.3, -0.25) is 0 Å². The van der Waals surface area contributed by atoms with E-state index >= 15 is 0 Å². The molecule has 0 bridgehead atoms. The molecule has 0 heteroatoms. The van der Waals surface area contributed by atoms with E-state index in [0.29, 0.717) is 5.92 Å². The molecular weight excluding hydrogens is 312 g/mol. The molecule has 0 amide bonds. The van der Waals surface area contributed by atoms with Crippen LogP contribution >= 0.6 is 0 Å². The second-order valence-corrected chi connectivity index (χ2v) is 8.15. The molecule has 0 nitrogen and oxygen atoms in total. The number of fused-ring (bicyclic) bond motifs is 1. The molecule has 0 N–H and O–H groups in total. The van der Waals surface area contributed by atoms with Gasteiger partial charge in [-0.05, 0) is 28.7 Å². The average molecular weight is 353 g/mol. The van der Waals surface area contributed by atoms with E-state index < -0.39 is 0 Å². The molecule has 2 rings (SSSR count). The van der Waals surface area contributed by atoms with Crippen molar-refractivity contribution in [1.82, 2.24) is 0 Å². The van der Waals surface area contributed by atoms with E-state index in [-0.39, 0.29) is 0 Å². The molecule has 0 heterocycles. The maximum Gasteiger partial charge on any atom is -0.0149 e. The second kappa shape index (κ2) is 13.0. The summed E-state index contributed by atoms with van der Waals surface area (Å²) in [6.45, 7) is 4.70. The molecule has 0 aromatic heterocycles. The Morgan fingerprint density at radius 3 is 1.81 bits per heavy atom. The lowest BCUT2D eigenvalue weighted by molar-refractivity contribution is 0.529. The third-order valence-corrected chi connectivity index (χ3v) is 5.84.